The quantitative estimate of drug-likeness (QED) is 0.270. The molecule has 208 valence electrons. The Labute approximate surface area is 240 Å². The molecule has 0 radical (unpaired) electrons. The van der Waals surface area contributed by atoms with E-state index in [1.807, 2.05) is 45.0 Å². The van der Waals surface area contributed by atoms with Gasteiger partial charge in [0.05, 0.1) is 10.6 Å². The van der Waals surface area contributed by atoms with Gasteiger partial charge >= 0.3 is 0 Å². The van der Waals surface area contributed by atoms with Gasteiger partial charge in [0.25, 0.3) is 10.0 Å². The molecule has 0 aromatic heterocycles. The second-order valence-corrected chi connectivity index (χ2v) is 12.4. The molecule has 0 aliphatic heterocycles. The maximum atomic E-state index is 13.9. The molecular weight excluding hydrogens is 578 g/mol. The van der Waals surface area contributed by atoms with Gasteiger partial charge in [-0.3, -0.25) is 13.9 Å². The van der Waals surface area contributed by atoms with Gasteiger partial charge < -0.3 is 10.2 Å². The molecule has 0 aliphatic carbocycles. The number of rotatable bonds is 12. The van der Waals surface area contributed by atoms with E-state index in [0.29, 0.717) is 16.7 Å². The summed E-state index contributed by atoms with van der Waals surface area (Å²) >= 11 is 3.41. The topological polar surface area (TPSA) is 86.8 Å². The van der Waals surface area contributed by atoms with E-state index in [4.69, 9.17) is 0 Å². The number of aryl methyl sites for hydroxylation is 2. The second-order valence-electron chi connectivity index (χ2n) is 9.64. The number of anilines is 1. The fourth-order valence-electron chi connectivity index (χ4n) is 4.12. The number of hydrogen-bond donors (Lipinski definition) is 1. The van der Waals surface area contributed by atoms with Gasteiger partial charge in [-0.2, -0.15) is 0 Å². The molecule has 0 saturated carbocycles. The highest BCUT2D eigenvalue weighted by molar-refractivity contribution is 9.10. The number of hydrogen-bond acceptors (Lipinski definition) is 4. The lowest BCUT2D eigenvalue weighted by Gasteiger charge is -2.32. The van der Waals surface area contributed by atoms with Gasteiger partial charge in [-0.05, 0) is 63.1 Å². The van der Waals surface area contributed by atoms with Crippen LogP contribution in [-0.2, 0) is 26.2 Å². The Morgan fingerprint density at radius 1 is 0.949 bits per heavy atom. The third-order valence-electron chi connectivity index (χ3n) is 6.42. The van der Waals surface area contributed by atoms with Crippen LogP contribution in [0.15, 0.2) is 82.2 Å². The Kier molecular flexibility index (Phi) is 10.7. The third kappa shape index (κ3) is 8.16. The average molecular weight is 615 g/mol. The van der Waals surface area contributed by atoms with Crippen molar-refractivity contribution in [3.05, 3.63) is 94.0 Å². The summed E-state index contributed by atoms with van der Waals surface area (Å²) in [6.45, 7) is 7.76. The second kappa shape index (κ2) is 13.8. The van der Waals surface area contributed by atoms with Gasteiger partial charge in [-0.15, -0.1) is 0 Å². The molecule has 3 aromatic carbocycles. The van der Waals surface area contributed by atoms with Crippen LogP contribution in [0.5, 0.6) is 0 Å². The third-order valence-corrected chi connectivity index (χ3v) is 8.70. The minimum atomic E-state index is -4.09. The minimum absolute atomic E-state index is 0.0801. The Morgan fingerprint density at radius 2 is 1.64 bits per heavy atom. The Hall–Kier alpha value is -3.17. The summed E-state index contributed by atoms with van der Waals surface area (Å²) in [5, 5.41) is 2.90. The number of halogens is 1. The van der Waals surface area contributed by atoms with Crippen LogP contribution in [0, 0.1) is 13.8 Å². The molecule has 0 aliphatic rings. The molecule has 1 N–H and O–H groups in total. The Balaban J connectivity index is 2.00. The van der Waals surface area contributed by atoms with E-state index in [-0.39, 0.29) is 17.3 Å². The lowest BCUT2D eigenvalue weighted by Crippen LogP contribution is -2.51. The standard InChI is InChI=1S/C30H36BrN3O4S/c1-5-6-17-32-30(36)24(4)33(20-25-10-7-9-23(3)18-25)29(35)21-34(27-12-8-11-26(31)19-27)39(37,38)28-15-13-22(2)14-16-28/h7-16,18-19,24H,5-6,17,20-21H2,1-4H3,(H,32,36)/t24-/m0/s1. The first-order chi connectivity index (χ1) is 18.5. The predicted octanol–water partition coefficient (Wildman–Crippen LogP) is 5.59. The molecule has 3 aromatic rings. The first-order valence-electron chi connectivity index (χ1n) is 13.0. The van der Waals surface area contributed by atoms with Crippen LogP contribution in [0.25, 0.3) is 0 Å². The van der Waals surface area contributed by atoms with Crippen molar-refractivity contribution >= 4 is 43.5 Å². The summed E-state index contributed by atoms with van der Waals surface area (Å²) in [6.07, 6.45) is 1.76. The molecule has 3 rings (SSSR count). The molecule has 9 heteroatoms. The lowest BCUT2D eigenvalue weighted by molar-refractivity contribution is -0.139. The van der Waals surface area contributed by atoms with Gasteiger partial charge in [0.1, 0.15) is 12.6 Å². The zero-order valence-corrected chi connectivity index (χ0v) is 25.3. The molecule has 0 heterocycles. The van der Waals surface area contributed by atoms with Crippen molar-refractivity contribution < 1.29 is 18.0 Å². The van der Waals surface area contributed by atoms with Crippen LogP contribution in [0.2, 0.25) is 0 Å². The van der Waals surface area contributed by atoms with Crippen molar-refractivity contribution in [2.75, 3.05) is 17.4 Å². The molecule has 7 nitrogen and oxygen atoms in total. The Morgan fingerprint density at radius 3 is 2.28 bits per heavy atom. The monoisotopic (exact) mass is 613 g/mol. The van der Waals surface area contributed by atoms with Gasteiger partial charge in [0.15, 0.2) is 0 Å². The average Bonchev–Trinajstić information content (AvgIpc) is 2.90. The van der Waals surface area contributed by atoms with E-state index >= 15 is 0 Å². The molecule has 0 spiro atoms. The molecule has 39 heavy (non-hydrogen) atoms. The summed E-state index contributed by atoms with van der Waals surface area (Å²) in [6, 6.07) is 20.2. The maximum Gasteiger partial charge on any atom is 0.264 e. The smallest absolute Gasteiger partial charge is 0.264 e. The van der Waals surface area contributed by atoms with Crippen molar-refractivity contribution in [2.24, 2.45) is 0 Å². The maximum absolute atomic E-state index is 13.9. The highest BCUT2D eigenvalue weighted by Gasteiger charge is 2.32. The highest BCUT2D eigenvalue weighted by atomic mass is 79.9. The van der Waals surface area contributed by atoms with E-state index in [1.54, 1.807) is 43.3 Å². The van der Waals surface area contributed by atoms with E-state index in [1.165, 1.54) is 17.0 Å². The van der Waals surface area contributed by atoms with Crippen molar-refractivity contribution in [3.8, 4) is 0 Å². The van der Waals surface area contributed by atoms with Crippen LogP contribution in [0.4, 0.5) is 5.69 Å². The Bertz CT molecular complexity index is 1390. The zero-order chi connectivity index (χ0) is 28.6. The van der Waals surface area contributed by atoms with E-state index in [0.717, 1.165) is 33.8 Å². The molecule has 0 fully saturated rings. The summed E-state index contributed by atoms with van der Waals surface area (Å²) in [7, 11) is -4.09. The minimum Gasteiger partial charge on any atom is -0.354 e. The number of nitrogens with zero attached hydrogens (tertiary/aromatic N) is 2. The number of carbonyl (C=O) groups excluding carboxylic acids is 2. The fraction of sp³-hybridized carbons (Fsp3) is 0.333. The number of sulfonamides is 1. The van der Waals surface area contributed by atoms with Crippen LogP contribution in [-0.4, -0.2) is 44.3 Å². The van der Waals surface area contributed by atoms with Crippen molar-refractivity contribution in [1.82, 2.24) is 10.2 Å². The van der Waals surface area contributed by atoms with Gasteiger partial charge in [-0.1, -0.05) is 82.9 Å². The summed E-state index contributed by atoms with van der Waals surface area (Å²) in [4.78, 5) is 28.5. The van der Waals surface area contributed by atoms with Crippen LogP contribution >= 0.6 is 15.9 Å². The van der Waals surface area contributed by atoms with E-state index in [2.05, 4.69) is 21.2 Å². The van der Waals surface area contributed by atoms with Crippen LogP contribution in [0.1, 0.15) is 43.4 Å². The summed E-state index contributed by atoms with van der Waals surface area (Å²) in [5.74, 6) is -0.759. The van der Waals surface area contributed by atoms with Crippen LogP contribution in [0.3, 0.4) is 0 Å². The van der Waals surface area contributed by atoms with E-state index < -0.39 is 28.5 Å². The number of unbranched alkanes of at least 4 members (excludes halogenated alkanes) is 1. The first kappa shape index (κ1) is 30.4. The van der Waals surface area contributed by atoms with E-state index in [9.17, 15) is 18.0 Å². The van der Waals surface area contributed by atoms with Crippen molar-refractivity contribution in [1.29, 1.82) is 0 Å². The molecular formula is C30H36BrN3O4S. The SMILES string of the molecule is CCCCNC(=O)[C@H](C)N(Cc1cccc(C)c1)C(=O)CN(c1cccc(Br)c1)S(=O)(=O)c1ccc(C)cc1. The number of amides is 2. The highest BCUT2D eigenvalue weighted by Crippen LogP contribution is 2.27. The molecule has 0 saturated heterocycles. The molecule has 1 atom stereocenters. The normalized spacial score (nSPS) is 12.0. The first-order valence-corrected chi connectivity index (χ1v) is 15.2. The fourth-order valence-corrected chi connectivity index (χ4v) is 5.92. The van der Waals surface area contributed by atoms with Gasteiger partial charge in [-0.25, -0.2) is 8.42 Å². The zero-order valence-electron chi connectivity index (χ0n) is 22.9. The lowest BCUT2D eigenvalue weighted by atomic mass is 10.1. The van der Waals surface area contributed by atoms with Gasteiger partial charge in [0, 0.05) is 17.6 Å². The largest absolute Gasteiger partial charge is 0.354 e. The predicted molar refractivity (Wildman–Crippen MR) is 159 cm³/mol. The van der Waals surface area contributed by atoms with Crippen LogP contribution < -0.4 is 9.62 Å². The van der Waals surface area contributed by atoms with Crippen molar-refractivity contribution in [3.63, 3.8) is 0 Å². The molecule has 0 bridgehead atoms. The number of nitrogens with one attached hydrogen (secondary N) is 1. The van der Waals surface area contributed by atoms with Crippen molar-refractivity contribution in [2.45, 2.75) is 58.0 Å². The number of carbonyl (C=O) groups is 2. The summed E-state index contributed by atoms with van der Waals surface area (Å²) < 4.78 is 29.5. The molecule has 2 amide bonds. The molecule has 0 unspecified atom stereocenters. The van der Waals surface area contributed by atoms with Gasteiger partial charge in [0.2, 0.25) is 11.8 Å². The summed E-state index contributed by atoms with van der Waals surface area (Å²) in [5.41, 5.74) is 3.14. The number of benzene rings is 3.